The van der Waals surface area contributed by atoms with Gasteiger partial charge in [-0.05, 0) is 26.2 Å². The number of allylic oxidation sites excluding steroid dienone is 2. The van der Waals surface area contributed by atoms with Crippen molar-refractivity contribution in [3.05, 3.63) is 11.8 Å². The Balaban J connectivity index is 2.42. The fourth-order valence-electron chi connectivity index (χ4n) is 2.11. The van der Waals surface area contributed by atoms with Crippen LogP contribution in [-0.4, -0.2) is 23.0 Å². The van der Waals surface area contributed by atoms with Crippen molar-refractivity contribution in [1.29, 1.82) is 0 Å². The van der Waals surface area contributed by atoms with Gasteiger partial charge in [-0.2, -0.15) is 0 Å². The van der Waals surface area contributed by atoms with Gasteiger partial charge in [0.15, 0.2) is 5.78 Å². The van der Waals surface area contributed by atoms with Gasteiger partial charge in [0.05, 0.1) is 6.10 Å². The van der Waals surface area contributed by atoms with E-state index in [1.54, 1.807) is 13.0 Å². The van der Waals surface area contributed by atoms with Crippen molar-refractivity contribution < 1.29 is 9.90 Å². The van der Waals surface area contributed by atoms with Gasteiger partial charge >= 0.3 is 0 Å². The molecule has 2 N–H and O–H groups in total. The highest BCUT2D eigenvalue weighted by Gasteiger charge is 2.20. The Hall–Kier alpha value is -0.830. The van der Waals surface area contributed by atoms with E-state index >= 15 is 0 Å². The molecule has 1 aliphatic heterocycles. The van der Waals surface area contributed by atoms with Gasteiger partial charge < -0.3 is 10.4 Å². The van der Waals surface area contributed by atoms with Gasteiger partial charge in [-0.3, -0.25) is 4.79 Å². The smallest absolute Gasteiger partial charge is 0.159 e. The molecule has 3 heteroatoms. The fraction of sp³-hybridized carbons (Fsp3) is 0.769. The van der Waals surface area contributed by atoms with Gasteiger partial charge in [0, 0.05) is 24.2 Å². The third-order valence-corrected chi connectivity index (χ3v) is 2.85. The summed E-state index contributed by atoms with van der Waals surface area (Å²) in [4.78, 5) is 11.5. The first-order chi connectivity index (χ1) is 7.61. The van der Waals surface area contributed by atoms with Crippen molar-refractivity contribution in [3.8, 4) is 0 Å². The molecule has 0 aromatic heterocycles. The molecular formula is C13H23NO2. The monoisotopic (exact) mass is 225 g/mol. The average molecular weight is 225 g/mol. The molecule has 1 heterocycles. The molecule has 0 aliphatic carbocycles. The summed E-state index contributed by atoms with van der Waals surface area (Å²) in [5.41, 5.74) is 1.05. The lowest BCUT2D eigenvalue weighted by molar-refractivity contribution is -0.115. The van der Waals surface area contributed by atoms with Gasteiger partial charge in [0.25, 0.3) is 0 Å². The van der Waals surface area contributed by atoms with Crippen LogP contribution in [0.4, 0.5) is 0 Å². The molecule has 0 bridgehead atoms. The number of nitrogens with one attached hydrogen (secondary N) is 1. The van der Waals surface area contributed by atoms with E-state index in [1.165, 1.54) is 12.8 Å². The van der Waals surface area contributed by atoms with E-state index in [1.807, 2.05) is 0 Å². The maximum atomic E-state index is 11.5. The number of carbonyl (C=O) groups is 1. The largest absolute Gasteiger partial charge is 0.393 e. The number of hydrogen-bond acceptors (Lipinski definition) is 3. The van der Waals surface area contributed by atoms with Crippen molar-refractivity contribution in [2.24, 2.45) is 0 Å². The Bertz CT molecular complexity index is 259. The fourth-order valence-corrected chi connectivity index (χ4v) is 2.11. The number of aliphatic hydroxyl groups excluding tert-OH is 1. The summed E-state index contributed by atoms with van der Waals surface area (Å²) < 4.78 is 0. The van der Waals surface area contributed by atoms with Crippen molar-refractivity contribution >= 4 is 5.78 Å². The van der Waals surface area contributed by atoms with Crippen LogP contribution in [0.5, 0.6) is 0 Å². The summed E-state index contributed by atoms with van der Waals surface area (Å²) in [6.07, 6.45) is 7.03. The molecule has 0 spiro atoms. The van der Waals surface area contributed by atoms with Crippen LogP contribution < -0.4 is 5.32 Å². The summed E-state index contributed by atoms with van der Waals surface area (Å²) in [5, 5.41) is 12.7. The lowest BCUT2D eigenvalue weighted by Gasteiger charge is -2.26. The summed E-state index contributed by atoms with van der Waals surface area (Å²) in [6.45, 7) is 3.94. The first kappa shape index (κ1) is 13.2. The molecule has 0 saturated heterocycles. The zero-order valence-corrected chi connectivity index (χ0v) is 10.3. The van der Waals surface area contributed by atoms with Gasteiger partial charge in [-0.25, -0.2) is 0 Å². The molecule has 2 atom stereocenters. The third kappa shape index (κ3) is 4.79. The van der Waals surface area contributed by atoms with Crippen LogP contribution in [0, 0.1) is 0 Å². The highest BCUT2D eigenvalue weighted by atomic mass is 16.3. The molecule has 3 nitrogen and oxygen atoms in total. The van der Waals surface area contributed by atoms with Crippen LogP contribution >= 0.6 is 0 Å². The van der Waals surface area contributed by atoms with Crippen LogP contribution in [0.2, 0.25) is 0 Å². The molecule has 0 saturated carbocycles. The van der Waals surface area contributed by atoms with E-state index in [0.717, 1.165) is 18.5 Å². The molecule has 0 aromatic rings. The van der Waals surface area contributed by atoms with Gasteiger partial charge in [0.2, 0.25) is 0 Å². The number of aliphatic hydroxyl groups is 1. The number of hydrogen-bond donors (Lipinski definition) is 2. The zero-order chi connectivity index (χ0) is 12.0. The minimum atomic E-state index is -0.347. The quantitative estimate of drug-likeness (QED) is 0.681. The standard InChI is InChI=1S/C13H23NO2/c1-3-4-5-6-11-8-13(16)9-12(14-11)7-10(2)15/h8,10,12,14-15H,3-7,9H2,1-2H3/t10-,12-/m0/s1. The molecule has 1 aliphatic rings. The topological polar surface area (TPSA) is 49.3 Å². The Kier molecular flexibility index (Phi) is 5.53. The lowest BCUT2D eigenvalue weighted by atomic mass is 9.98. The average Bonchev–Trinajstić information content (AvgIpc) is 2.16. The predicted molar refractivity (Wildman–Crippen MR) is 65.1 cm³/mol. The summed E-state index contributed by atoms with van der Waals surface area (Å²) in [7, 11) is 0. The SMILES string of the molecule is CCCCCC1=CC(=O)C[C@H](C[C@H](C)O)N1. The van der Waals surface area contributed by atoms with Crippen molar-refractivity contribution in [2.75, 3.05) is 0 Å². The Morgan fingerprint density at radius 3 is 2.94 bits per heavy atom. The van der Waals surface area contributed by atoms with Crippen LogP contribution in [0.1, 0.15) is 52.4 Å². The van der Waals surface area contributed by atoms with E-state index < -0.39 is 0 Å². The Labute approximate surface area is 97.9 Å². The second-order valence-corrected chi connectivity index (χ2v) is 4.72. The van der Waals surface area contributed by atoms with E-state index in [4.69, 9.17) is 0 Å². The maximum Gasteiger partial charge on any atom is 0.159 e. The molecule has 0 amide bonds. The first-order valence-corrected chi connectivity index (χ1v) is 6.29. The number of rotatable bonds is 6. The van der Waals surface area contributed by atoms with Crippen LogP contribution in [0.25, 0.3) is 0 Å². The summed E-state index contributed by atoms with van der Waals surface area (Å²) in [6, 6.07) is 0.120. The van der Waals surface area contributed by atoms with Gasteiger partial charge in [0.1, 0.15) is 0 Å². The van der Waals surface area contributed by atoms with Gasteiger partial charge in [-0.15, -0.1) is 0 Å². The number of ketones is 1. The molecule has 16 heavy (non-hydrogen) atoms. The summed E-state index contributed by atoms with van der Waals surface area (Å²) in [5.74, 6) is 0.191. The lowest BCUT2D eigenvalue weighted by Crippen LogP contribution is -2.37. The van der Waals surface area contributed by atoms with Crippen LogP contribution in [0.15, 0.2) is 11.8 Å². The van der Waals surface area contributed by atoms with Crippen LogP contribution in [-0.2, 0) is 4.79 Å². The highest BCUT2D eigenvalue weighted by Crippen LogP contribution is 2.16. The van der Waals surface area contributed by atoms with Crippen molar-refractivity contribution in [1.82, 2.24) is 5.32 Å². The minimum absolute atomic E-state index is 0.120. The maximum absolute atomic E-state index is 11.5. The molecule has 92 valence electrons. The second kappa shape index (κ2) is 6.69. The predicted octanol–water partition coefficient (Wildman–Crippen LogP) is 2.15. The number of unbranched alkanes of at least 4 members (excludes halogenated alkanes) is 2. The Morgan fingerprint density at radius 2 is 2.31 bits per heavy atom. The Morgan fingerprint density at radius 1 is 1.56 bits per heavy atom. The van der Waals surface area contributed by atoms with E-state index in [9.17, 15) is 9.90 Å². The number of carbonyl (C=O) groups excluding carboxylic acids is 1. The van der Waals surface area contributed by atoms with Crippen LogP contribution in [0.3, 0.4) is 0 Å². The zero-order valence-electron chi connectivity index (χ0n) is 10.3. The molecule has 0 aromatic carbocycles. The normalized spacial score (nSPS) is 22.6. The van der Waals surface area contributed by atoms with E-state index in [2.05, 4.69) is 12.2 Å². The van der Waals surface area contributed by atoms with Crippen molar-refractivity contribution in [2.45, 2.75) is 64.5 Å². The summed E-state index contributed by atoms with van der Waals surface area (Å²) >= 11 is 0. The van der Waals surface area contributed by atoms with E-state index in [-0.39, 0.29) is 17.9 Å². The van der Waals surface area contributed by atoms with Crippen molar-refractivity contribution in [3.63, 3.8) is 0 Å². The van der Waals surface area contributed by atoms with Gasteiger partial charge in [-0.1, -0.05) is 19.8 Å². The third-order valence-electron chi connectivity index (χ3n) is 2.85. The molecule has 0 unspecified atom stereocenters. The molecule has 0 fully saturated rings. The second-order valence-electron chi connectivity index (χ2n) is 4.72. The highest BCUT2D eigenvalue weighted by molar-refractivity contribution is 5.91. The first-order valence-electron chi connectivity index (χ1n) is 6.29. The van der Waals surface area contributed by atoms with E-state index in [0.29, 0.717) is 12.8 Å². The molecular weight excluding hydrogens is 202 g/mol. The molecule has 1 rings (SSSR count). The molecule has 0 radical (unpaired) electrons. The minimum Gasteiger partial charge on any atom is -0.393 e.